The van der Waals surface area contributed by atoms with Crippen LogP contribution in [-0.4, -0.2) is 10.1 Å². The molecule has 3 N–H and O–H groups in total. The van der Waals surface area contributed by atoms with Gasteiger partial charge in [-0.2, -0.15) is 0 Å². The number of thiocarbonyl (C=S) groups is 1. The van der Waals surface area contributed by atoms with Crippen LogP contribution in [0.3, 0.4) is 0 Å². The fourth-order valence-corrected chi connectivity index (χ4v) is 2.16. The van der Waals surface area contributed by atoms with E-state index < -0.39 is 0 Å². The van der Waals surface area contributed by atoms with Crippen molar-refractivity contribution in [2.45, 2.75) is 6.61 Å². The van der Waals surface area contributed by atoms with Crippen LogP contribution < -0.4 is 10.5 Å². The van der Waals surface area contributed by atoms with Gasteiger partial charge in [0.1, 0.15) is 16.5 Å². The molecule has 3 nitrogen and oxygen atoms in total. The summed E-state index contributed by atoms with van der Waals surface area (Å²) in [7, 11) is 0. The van der Waals surface area contributed by atoms with Crippen LogP contribution in [-0.2, 0) is 6.61 Å². The largest absolute Gasteiger partial charge is 0.456 e. The average molecular weight is 338 g/mol. The molecule has 0 atom stereocenters. The van der Waals surface area contributed by atoms with Gasteiger partial charge >= 0.3 is 0 Å². The van der Waals surface area contributed by atoms with Crippen LogP contribution in [0.25, 0.3) is 0 Å². The molecule has 19 heavy (non-hydrogen) atoms. The first-order valence-electron chi connectivity index (χ1n) is 5.58. The molecule has 98 valence electrons. The highest BCUT2D eigenvalue weighted by Gasteiger charge is 2.10. The minimum absolute atomic E-state index is 0.0882. The Morgan fingerprint density at radius 2 is 1.95 bits per heavy atom. The molecular weight excluding hydrogens is 326 g/mol. The van der Waals surface area contributed by atoms with Crippen LogP contribution in [0.4, 0.5) is 0 Å². The lowest BCUT2D eigenvalue weighted by Gasteiger charge is -2.13. The van der Waals surface area contributed by atoms with Gasteiger partial charge in [-0.15, -0.1) is 0 Å². The van der Waals surface area contributed by atoms with Crippen LogP contribution in [0, 0.1) is 0 Å². The predicted octanol–water partition coefficient (Wildman–Crippen LogP) is 3.37. The molecule has 0 aliphatic rings. The zero-order chi connectivity index (χ0) is 13.8. The topological polar surface area (TPSA) is 55.5 Å². The molecule has 2 aromatic rings. The van der Waals surface area contributed by atoms with Gasteiger partial charge in [0.05, 0.1) is 12.2 Å². The summed E-state index contributed by atoms with van der Waals surface area (Å²) in [6.45, 7) is -0.0882. The van der Waals surface area contributed by atoms with Crippen molar-refractivity contribution in [3.05, 3.63) is 58.1 Å². The molecule has 0 fully saturated rings. The fraction of sp³-hybridized carbons (Fsp3) is 0.0714. The standard InChI is InChI=1S/C14H12BrNO2S/c15-10-5-6-13(11(7-10)14(16)19)18-12-4-2-1-3-9(12)8-17/h1-7,17H,8H2,(H2,16,19). The Morgan fingerprint density at radius 1 is 1.21 bits per heavy atom. The number of hydrogen-bond acceptors (Lipinski definition) is 3. The number of para-hydroxylation sites is 1. The monoisotopic (exact) mass is 337 g/mol. The van der Waals surface area contributed by atoms with Crippen molar-refractivity contribution in [1.82, 2.24) is 0 Å². The normalized spacial score (nSPS) is 10.2. The second kappa shape index (κ2) is 6.14. The van der Waals surface area contributed by atoms with Gasteiger partial charge < -0.3 is 15.6 Å². The maximum absolute atomic E-state index is 9.28. The van der Waals surface area contributed by atoms with E-state index in [1.54, 1.807) is 24.3 Å². The third-order valence-corrected chi connectivity index (χ3v) is 3.28. The molecule has 0 unspecified atom stereocenters. The van der Waals surface area contributed by atoms with Crippen molar-refractivity contribution in [3.8, 4) is 11.5 Å². The predicted molar refractivity (Wildman–Crippen MR) is 82.5 cm³/mol. The van der Waals surface area contributed by atoms with Crippen molar-refractivity contribution < 1.29 is 9.84 Å². The number of aliphatic hydroxyl groups excluding tert-OH is 1. The summed E-state index contributed by atoms with van der Waals surface area (Å²) < 4.78 is 6.67. The molecule has 5 heteroatoms. The number of benzene rings is 2. The van der Waals surface area contributed by atoms with Crippen molar-refractivity contribution >= 4 is 33.1 Å². The van der Waals surface area contributed by atoms with E-state index >= 15 is 0 Å². The Balaban J connectivity index is 2.41. The third-order valence-electron chi connectivity index (χ3n) is 2.57. The summed E-state index contributed by atoms with van der Waals surface area (Å²) in [5.74, 6) is 1.15. The molecule has 0 aliphatic carbocycles. The summed E-state index contributed by atoms with van der Waals surface area (Å²) in [4.78, 5) is 0.262. The second-order valence-electron chi connectivity index (χ2n) is 3.87. The van der Waals surface area contributed by atoms with E-state index in [1.807, 2.05) is 18.2 Å². The first-order valence-corrected chi connectivity index (χ1v) is 6.78. The zero-order valence-corrected chi connectivity index (χ0v) is 12.4. The van der Waals surface area contributed by atoms with Crippen molar-refractivity contribution in [2.75, 3.05) is 0 Å². The summed E-state index contributed by atoms with van der Waals surface area (Å²) in [6.07, 6.45) is 0. The van der Waals surface area contributed by atoms with E-state index in [-0.39, 0.29) is 11.6 Å². The van der Waals surface area contributed by atoms with E-state index in [1.165, 1.54) is 0 Å². The quantitative estimate of drug-likeness (QED) is 0.840. The van der Waals surface area contributed by atoms with Gasteiger partial charge in [0.25, 0.3) is 0 Å². The van der Waals surface area contributed by atoms with Gasteiger partial charge in [-0.05, 0) is 24.3 Å². The molecule has 0 aliphatic heterocycles. The van der Waals surface area contributed by atoms with Crippen LogP contribution in [0.1, 0.15) is 11.1 Å². The number of halogens is 1. The van der Waals surface area contributed by atoms with Crippen molar-refractivity contribution in [1.29, 1.82) is 0 Å². The number of ether oxygens (including phenoxy) is 1. The Kier molecular flexibility index (Phi) is 4.52. The smallest absolute Gasteiger partial charge is 0.137 e. The van der Waals surface area contributed by atoms with Gasteiger partial charge in [-0.3, -0.25) is 0 Å². The minimum Gasteiger partial charge on any atom is -0.456 e. The van der Waals surface area contributed by atoms with E-state index in [4.69, 9.17) is 22.7 Å². The highest BCUT2D eigenvalue weighted by molar-refractivity contribution is 9.10. The van der Waals surface area contributed by atoms with Gasteiger partial charge in [0.2, 0.25) is 0 Å². The molecule has 0 spiro atoms. The summed E-state index contributed by atoms with van der Waals surface area (Å²) >= 11 is 8.38. The van der Waals surface area contributed by atoms with Crippen LogP contribution in [0.15, 0.2) is 46.9 Å². The first kappa shape index (κ1) is 14.0. The first-order chi connectivity index (χ1) is 9.11. The summed E-state index contributed by atoms with van der Waals surface area (Å²) in [5, 5.41) is 9.28. The lowest BCUT2D eigenvalue weighted by atomic mass is 10.2. The van der Waals surface area contributed by atoms with Gasteiger partial charge in [0.15, 0.2) is 0 Å². The second-order valence-corrected chi connectivity index (χ2v) is 5.23. The van der Waals surface area contributed by atoms with Crippen LogP contribution in [0.2, 0.25) is 0 Å². The summed E-state index contributed by atoms with van der Waals surface area (Å²) in [5.41, 5.74) is 7.05. The lowest BCUT2D eigenvalue weighted by molar-refractivity contribution is 0.276. The number of hydrogen-bond donors (Lipinski definition) is 2. The van der Waals surface area contributed by atoms with Gasteiger partial charge in [0, 0.05) is 10.0 Å². The molecule has 0 amide bonds. The molecule has 2 rings (SSSR count). The lowest BCUT2D eigenvalue weighted by Crippen LogP contribution is -2.11. The molecule has 0 saturated carbocycles. The summed E-state index contributed by atoms with van der Waals surface area (Å²) in [6, 6.07) is 12.7. The maximum atomic E-state index is 9.28. The third kappa shape index (κ3) is 3.32. The van der Waals surface area contributed by atoms with E-state index in [0.29, 0.717) is 22.6 Å². The zero-order valence-electron chi connectivity index (χ0n) is 9.97. The van der Waals surface area contributed by atoms with Gasteiger partial charge in [-0.25, -0.2) is 0 Å². The Labute approximate surface area is 125 Å². The Bertz CT molecular complexity index is 616. The maximum Gasteiger partial charge on any atom is 0.137 e. The number of nitrogens with two attached hydrogens (primary N) is 1. The average Bonchev–Trinajstić information content (AvgIpc) is 2.41. The SMILES string of the molecule is NC(=S)c1cc(Br)ccc1Oc1ccccc1CO. The molecule has 0 aromatic heterocycles. The van der Waals surface area contributed by atoms with Crippen LogP contribution in [0.5, 0.6) is 11.5 Å². The Hall–Kier alpha value is -1.43. The fourth-order valence-electron chi connectivity index (χ4n) is 1.64. The van der Waals surface area contributed by atoms with E-state index in [9.17, 15) is 5.11 Å². The van der Waals surface area contributed by atoms with Crippen molar-refractivity contribution in [2.24, 2.45) is 5.73 Å². The van der Waals surface area contributed by atoms with Gasteiger partial charge in [-0.1, -0.05) is 46.3 Å². The molecule has 0 bridgehead atoms. The minimum atomic E-state index is -0.0882. The molecule has 0 saturated heterocycles. The van der Waals surface area contributed by atoms with Crippen LogP contribution >= 0.6 is 28.1 Å². The highest BCUT2D eigenvalue weighted by Crippen LogP contribution is 2.30. The van der Waals surface area contributed by atoms with Crippen molar-refractivity contribution in [3.63, 3.8) is 0 Å². The molecular formula is C14H12BrNO2S. The number of aliphatic hydroxyl groups is 1. The molecule has 0 radical (unpaired) electrons. The highest BCUT2D eigenvalue weighted by atomic mass is 79.9. The number of rotatable bonds is 4. The molecule has 0 heterocycles. The Morgan fingerprint density at radius 3 is 2.63 bits per heavy atom. The van der Waals surface area contributed by atoms with E-state index in [0.717, 1.165) is 4.47 Å². The van der Waals surface area contributed by atoms with E-state index in [2.05, 4.69) is 15.9 Å². The molecule has 2 aromatic carbocycles.